The number of Topliss-reactive ketones (excluding diaryl/α,β-unsaturated/α-hetero) is 1. The van der Waals surface area contributed by atoms with E-state index in [0.29, 0.717) is 10.6 Å². The molecule has 0 saturated carbocycles. The maximum absolute atomic E-state index is 12.4. The van der Waals surface area contributed by atoms with E-state index >= 15 is 0 Å². The molecule has 0 radical (unpaired) electrons. The van der Waals surface area contributed by atoms with Crippen molar-refractivity contribution in [1.29, 1.82) is 0 Å². The molecule has 1 heterocycles. The van der Waals surface area contributed by atoms with Gasteiger partial charge in [0.25, 0.3) is 0 Å². The summed E-state index contributed by atoms with van der Waals surface area (Å²) in [6.07, 6.45) is 1.71. The van der Waals surface area contributed by atoms with Crippen LogP contribution in [0.25, 0.3) is 0 Å². The zero-order valence-corrected chi connectivity index (χ0v) is 13.6. The smallest absolute Gasteiger partial charge is 0.241 e. The second-order valence-corrected chi connectivity index (χ2v) is 7.72. The van der Waals surface area contributed by atoms with Crippen molar-refractivity contribution in [2.24, 2.45) is 0 Å². The summed E-state index contributed by atoms with van der Waals surface area (Å²) >= 11 is 1.45. The molecule has 0 aliphatic carbocycles. The van der Waals surface area contributed by atoms with E-state index in [1.807, 2.05) is 6.92 Å². The first-order chi connectivity index (χ1) is 9.79. The summed E-state index contributed by atoms with van der Waals surface area (Å²) in [4.78, 5) is 16.6. The number of hydrogen-bond donors (Lipinski definition) is 1. The van der Waals surface area contributed by atoms with Crippen molar-refractivity contribution in [2.75, 3.05) is 0 Å². The van der Waals surface area contributed by atoms with Gasteiger partial charge in [-0.15, -0.1) is 11.3 Å². The van der Waals surface area contributed by atoms with Gasteiger partial charge in [-0.05, 0) is 32.9 Å². The Morgan fingerprint density at radius 2 is 2.10 bits per heavy atom. The maximum Gasteiger partial charge on any atom is 0.241 e. The lowest BCUT2D eigenvalue weighted by atomic mass is 10.2. The number of sulfonamides is 1. The van der Waals surface area contributed by atoms with Crippen LogP contribution >= 0.6 is 11.3 Å². The van der Waals surface area contributed by atoms with Crippen molar-refractivity contribution < 1.29 is 13.2 Å². The minimum atomic E-state index is -3.69. The molecule has 21 heavy (non-hydrogen) atoms. The van der Waals surface area contributed by atoms with Gasteiger partial charge in [0.1, 0.15) is 5.01 Å². The third-order valence-electron chi connectivity index (χ3n) is 2.89. The fourth-order valence-corrected chi connectivity index (χ4v) is 3.91. The van der Waals surface area contributed by atoms with Crippen molar-refractivity contribution >= 4 is 27.1 Å². The van der Waals surface area contributed by atoms with Gasteiger partial charge in [-0.3, -0.25) is 4.79 Å². The van der Waals surface area contributed by atoms with Gasteiger partial charge in [0, 0.05) is 16.6 Å². The highest BCUT2D eigenvalue weighted by atomic mass is 32.2. The van der Waals surface area contributed by atoms with Gasteiger partial charge in [-0.25, -0.2) is 18.1 Å². The summed E-state index contributed by atoms with van der Waals surface area (Å²) in [6, 6.07) is 5.58. The van der Waals surface area contributed by atoms with E-state index in [0.717, 1.165) is 4.88 Å². The molecule has 0 amide bonds. The molecule has 1 aromatic heterocycles. The maximum atomic E-state index is 12.4. The molecule has 1 unspecified atom stereocenters. The molecular formula is C14H16N2O3S2. The number of carbonyl (C=O) groups is 1. The molecule has 2 aromatic rings. The summed E-state index contributed by atoms with van der Waals surface area (Å²) in [5, 5.41) is 0.707. The molecule has 112 valence electrons. The van der Waals surface area contributed by atoms with Gasteiger partial charge >= 0.3 is 0 Å². The Bertz CT molecular complexity index is 766. The highest BCUT2D eigenvalue weighted by Gasteiger charge is 2.20. The third-order valence-corrected chi connectivity index (χ3v) is 5.53. The van der Waals surface area contributed by atoms with Crippen LogP contribution in [0.2, 0.25) is 0 Å². The lowest BCUT2D eigenvalue weighted by Gasteiger charge is -2.12. The van der Waals surface area contributed by atoms with Crippen LogP contribution in [-0.4, -0.2) is 19.2 Å². The topological polar surface area (TPSA) is 76.1 Å². The van der Waals surface area contributed by atoms with Crippen LogP contribution in [0.1, 0.15) is 40.1 Å². The van der Waals surface area contributed by atoms with Crippen molar-refractivity contribution in [3.63, 3.8) is 0 Å². The lowest BCUT2D eigenvalue weighted by Crippen LogP contribution is -2.27. The highest BCUT2D eigenvalue weighted by Crippen LogP contribution is 2.21. The number of aryl methyl sites for hydroxylation is 1. The number of carbonyl (C=O) groups excluding carboxylic acids is 1. The Balaban J connectivity index is 2.26. The number of thiazole rings is 1. The van der Waals surface area contributed by atoms with E-state index in [1.54, 1.807) is 25.3 Å². The Morgan fingerprint density at radius 3 is 2.67 bits per heavy atom. The van der Waals surface area contributed by atoms with Crippen molar-refractivity contribution in [3.8, 4) is 0 Å². The fourth-order valence-electron chi connectivity index (χ4n) is 1.81. The normalized spacial score (nSPS) is 13.1. The molecule has 0 bridgehead atoms. The average molecular weight is 324 g/mol. The number of nitrogens with one attached hydrogen (secondary N) is 1. The quantitative estimate of drug-likeness (QED) is 0.858. The number of nitrogens with zero attached hydrogens (tertiary/aromatic N) is 1. The number of benzene rings is 1. The van der Waals surface area contributed by atoms with Crippen LogP contribution in [0.15, 0.2) is 35.4 Å². The van der Waals surface area contributed by atoms with E-state index in [-0.39, 0.29) is 10.7 Å². The van der Waals surface area contributed by atoms with Gasteiger partial charge in [0.05, 0.1) is 10.9 Å². The number of hydrogen-bond acceptors (Lipinski definition) is 5. The van der Waals surface area contributed by atoms with Gasteiger partial charge in [0.15, 0.2) is 5.78 Å². The Labute approximate surface area is 128 Å². The predicted molar refractivity (Wildman–Crippen MR) is 82.0 cm³/mol. The van der Waals surface area contributed by atoms with Crippen LogP contribution in [0, 0.1) is 6.92 Å². The van der Waals surface area contributed by atoms with Crippen LogP contribution in [-0.2, 0) is 10.0 Å². The summed E-state index contributed by atoms with van der Waals surface area (Å²) in [6.45, 7) is 5.06. The van der Waals surface area contributed by atoms with E-state index in [4.69, 9.17) is 0 Å². The molecule has 0 fully saturated rings. The van der Waals surface area contributed by atoms with Crippen molar-refractivity contribution in [2.45, 2.75) is 31.7 Å². The van der Waals surface area contributed by atoms with E-state index in [1.165, 1.54) is 30.4 Å². The van der Waals surface area contributed by atoms with Gasteiger partial charge in [-0.1, -0.05) is 12.1 Å². The summed E-state index contributed by atoms with van der Waals surface area (Å²) in [5.41, 5.74) is 0.371. The predicted octanol–water partition coefficient (Wildman–Crippen LogP) is 2.69. The molecule has 0 spiro atoms. The first kappa shape index (κ1) is 15.8. The fraction of sp³-hybridized carbons (Fsp3) is 0.286. The molecular weight excluding hydrogens is 308 g/mol. The average Bonchev–Trinajstić information content (AvgIpc) is 2.85. The Hall–Kier alpha value is -1.57. The van der Waals surface area contributed by atoms with Crippen molar-refractivity contribution in [3.05, 3.63) is 45.9 Å². The molecule has 0 aliphatic heterocycles. The molecule has 5 nitrogen and oxygen atoms in total. The first-order valence-corrected chi connectivity index (χ1v) is 8.65. The zero-order valence-electron chi connectivity index (χ0n) is 12.0. The molecule has 0 saturated heterocycles. The van der Waals surface area contributed by atoms with Crippen LogP contribution < -0.4 is 4.72 Å². The second kappa shape index (κ2) is 6.05. The summed E-state index contributed by atoms with van der Waals surface area (Å²) in [7, 11) is -3.69. The van der Waals surface area contributed by atoms with Crippen LogP contribution in [0.5, 0.6) is 0 Å². The van der Waals surface area contributed by atoms with Crippen LogP contribution in [0.4, 0.5) is 0 Å². The molecule has 7 heteroatoms. The van der Waals surface area contributed by atoms with Gasteiger partial charge in [0.2, 0.25) is 10.0 Å². The zero-order chi connectivity index (χ0) is 15.6. The third kappa shape index (κ3) is 3.75. The standard InChI is InChI=1S/C14H16N2O3S2/c1-9-8-15-14(20-9)10(2)16-21(18,19)13-6-4-5-12(7-13)11(3)17/h4-8,10,16H,1-3H3. The molecule has 1 N–H and O–H groups in total. The molecule has 0 aliphatic rings. The lowest BCUT2D eigenvalue weighted by molar-refractivity contribution is 0.101. The highest BCUT2D eigenvalue weighted by molar-refractivity contribution is 7.89. The second-order valence-electron chi connectivity index (χ2n) is 4.74. The van der Waals surface area contributed by atoms with Gasteiger partial charge in [-0.2, -0.15) is 0 Å². The van der Waals surface area contributed by atoms with Crippen molar-refractivity contribution in [1.82, 2.24) is 9.71 Å². The Morgan fingerprint density at radius 1 is 1.38 bits per heavy atom. The number of aromatic nitrogens is 1. The largest absolute Gasteiger partial charge is 0.295 e. The SMILES string of the molecule is CC(=O)c1cccc(S(=O)(=O)NC(C)c2ncc(C)s2)c1. The molecule has 2 rings (SSSR count). The summed E-state index contributed by atoms with van der Waals surface area (Å²) < 4.78 is 27.3. The summed E-state index contributed by atoms with van der Waals surface area (Å²) in [5.74, 6) is -0.171. The van der Waals surface area contributed by atoms with E-state index < -0.39 is 16.1 Å². The minimum absolute atomic E-state index is 0.0790. The molecule has 1 aromatic carbocycles. The van der Waals surface area contributed by atoms with E-state index in [9.17, 15) is 13.2 Å². The van der Waals surface area contributed by atoms with Gasteiger partial charge < -0.3 is 0 Å². The number of rotatable bonds is 5. The van der Waals surface area contributed by atoms with Crippen LogP contribution in [0.3, 0.4) is 0 Å². The minimum Gasteiger partial charge on any atom is -0.295 e. The first-order valence-electron chi connectivity index (χ1n) is 6.35. The Kier molecular flexibility index (Phi) is 4.55. The number of ketones is 1. The van der Waals surface area contributed by atoms with E-state index in [2.05, 4.69) is 9.71 Å². The monoisotopic (exact) mass is 324 g/mol. The molecule has 1 atom stereocenters.